The molecule has 1 aliphatic rings. The molecule has 1 saturated carbocycles. The second kappa shape index (κ2) is 6.18. The average molecular weight is 345 g/mol. The van der Waals surface area contributed by atoms with Crippen LogP contribution in [0.3, 0.4) is 0 Å². The molecule has 1 unspecified atom stereocenters. The molecule has 122 valence electrons. The molecule has 1 aromatic carbocycles. The van der Waals surface area contributed by atoms with Crippen LogP contribution in [0.1, 0.15) is 30.1 Å². The van der Waals surface area contributed by atoms with E-state index < -0.39 is 10.0 Å². The third kappa shape index (κ3) is 3.29. The molecule has 1 amide bonds. The van der Waals surface area contributed by atoms with Crippen LogP contribution in [0.2, 0.25) is 5.02 Å². The van der Waals surface area contributed by atoms with E-state index in [9.17, 15) is 13.2 Å². The zero-order chi connectivity index (χ0) is 16.7. The predicted molar refractivity (Wildman–Crippen MR) is 86.6 cm³/mol. The van der Waals surface area contributed by atoms with Crippen molar-refractivity contribution in [2.24, 2.45) is 5.92 Å². The Kier molecular flexibility index (Phi) is 4.84. The lowest BCUT2D eigenvalue weighted by Crippen LogP contribution is -2.36. The van der Waals surface area contributed by atoms with Gasteiger partial charge in [0.05, 0.1) is 5.02 Å². The van der Waals surface area contributed by atoms with Crippen molar-refractivity contribution < 1.29 is 13.2 Å². The minimum absolute atomic E-state index is 0.0440. The van der Waals surface area contributed by atoms with Crippen molar-refractivity contribution in [1.29, 1.82) is 0 Å². The summed E-state index contributed by atoms with van der Waals surface area (Å²) in [6.07, 6.45) is 2.28. The van der Waals surface area contributed by atoms with E-state index in [1.165, 1.54) is 26.2 Å². The number of carbonyl (C=O) groups excluding carboxylic acids is 1. The number of sulfonamides is 1. The quantitative estimate of drug-likeness (QED) is 0.824. The monoisotopic (exact) mass is 344 g/mol. The molecule has 0 spiro atoms. The van der Waals surface area contributed by atoms with E-state index in [1.54, 1.807) is 18.0 Å². The number of hydrogen-bond donors (Lipinski definition) is 0. The Hall–Kier alpha value is -1.11. The van der Waals surface area contributed by atoms with Gasteiger partial charge in [0.1, 0.15) is 4.90 Å². The highest BCUT2D eigenvalue weighted by atomic mass is 35.5. The topological polar surface area (TPSA) is 57.7 Å². The summed E-state index contributed by atoms with van der Waals surface area (Å²) in [7, 11) is 0.931. The summed E-state index contributed by atoms with van der Waals surface area (Å²) in [6, 6.07) is 4.53. The van der Waals surface area contributed by atoms with Gasteiger partial charge < -0.3 is 4.90 Å². The van der Waals surface area contributed by atoms with Crippen molar-refractivity contribution in [3.8, 4) is 0 Å². The van der Waals surface area contributed by atoms with Crippen molar-refractivity contribution in [3.05, 3.63) is 28.8 Å². The predicted octanol–water partition coefficient (Wildman–Crippen LogP) is 2.46. The van der Waals surface area contributed by atoms with E-state index in [4.69, 9.17) is 11.6 Å². The molecule has 1 aliphatic carbocycles. The summed E-state index contributed by atoms with van der Waals surface area (Å²) in [4.78, 5) is 14.2. The molecule has 1 aromatic rings. The van der Waals surface area contributed by atoms with Crippen molar-refractivity contribution in [2.75, 3.05) is 21.1 Å². The van der Waals surface area contributed by atoms with Crippen molar-refractivity contribution in [2.45, 2.75) is 30.7 Å². The second-order valence-corrected chi connectivity index (χ2v) is 8.45. The van der Waals surface area contributed by atoms with Crippen LogP contribution in [-0.2, 0) is 10.0 Å². The fourth-order valence-electron chi connectivity index (χ4n) is 2.31. The van der Waals surface area contributed by atoms with Crippen LogP contribution >= 0.6 is 11.6 Å². The molecule has 0 aliphatic heterocycles. The largest absolute Gasteiger partial charge is 0.339 e. The zero-order valence-electron chi connectivity index (χ0n) is 13.2. The van der Waals surface area contributed by atoms with Gasteiger partial charge in [-0.25, -0.2) is 12.7 Å². The van der Waals surface area contributed by atoms with Crippen molar-refractivity contribution >= 4 is 27.5 Å². The molecule has 0 radical (unpaired) electrons. The molecule has 0 heterocycles. The number of rotatable bonds is 5. The summed E-state index contributed by atoms with van der Waals surface area (Å²) in [5.41, 5.74) is 0.333. The number of nitrogens with zero attached hydrogens (tertiary/aromatic N) is 2. The highest BCUT2D eigenvalue weighted by molar-refractivity contribution is 7.89. The fraction of sp³-hybridized carbons (Fsp3) is 0.533. The summed E-state index contributed by atoms with van der Waals surface area (Å²) < 4.78 is 25.6. The highest BCUT2D eigenvalue weighted by Crippen LogP contribution is 2.35. The van der Waals surface area contributed by atoms with Gasteiger partial charge >= 0.3 is 0 Å². The van der Waals surface area contributed by atoms with Gasteiger partial charge in [-0.3, -0.25) is 4.79 Å². The second-order valence-electron chi connectivity index (χ2n) is 5.93. The minimum atomic E-state index is -3.68. The van der Waals surface area contributed by atoms with Gasteiger partial charge in [-0.05, 0) is 43.9 Å². The van der Waals surface area contributed by atoms with Crippen LogP contribution in [0.15, 0.2) is 23.1 Å². The molecule has 1 fully saturated rings. The lowest BCUT2D eigenvalue weighted by molar-refractivity contribution is 0.0727. The molecule has 22 heavy (non-hydrogen) atoms. The van der Waals surface area contributed by atoms with E-state index in [-0.39, 0.29) is 21.9 Å². The summed E-state index contributed by atoms with van der Waals surface area (Å²) >= 11 is 6.00. The molecule has 0 saturated heterocycles. The van der Waals surface area contributed by atoms with Crippen molar-refractivity contribution in [1.82, 2.24) is 9.21 Å². The number of carbonyl (C=O) groups is 1. The van der Waals surface area contributed by atoms with Crippen molar-refractivity contribution in [3.63, 3.8) is 0 Å². The van der Waals surface area contributed by atoms with Gasteiger partial charge in [-0.15, -0.1) is 0 Å². The number of hydrogen-bond acceptors (Lipinski definition) is 3. The summed E-state index contributed by atoms with van der Waals surface area (Å²) in [5.74, 6) is 0.359. The molecule has 2 rings (SSSR count). The van der Waals surface area contributed by atoms with E-state index >= 15 is 0 Å². The van der Waals surface area contributed by atoms with E-state index in [0.717, 1.165) is 17.1 Å². The smallest absolute Gasteiger partial charge is 0.253 e. The third-order valence-corrected chi connectivity index (χ3v) is 6.47. The van der Waals surface area contributed by atoms with Gasteiger partial charge in [-0.1, -0.05) is 11.6 Å². The molecule has 0 bridgehead atoms. The van der Waals surface area contributed by atoms with Gasteiger partial charge in [0, 0.05) is 32.7 Å². The molecular weight excluding hydrogens is 324 g/mol. The fourth-order valence-corrected chi connectivity index (χ4v) is 3.71. The normalized spacial score (nSPS) is 16.6. The van der Waals surface area contributed by atoms with Crippen LogP contribution in [0.25, 0.3) is 0 Å². The Balaban J connectivity index is 2.35. The Morgan fingerprint density at radius 2 is 1.86 bits per heavy atom. The maximum Gasteiger partial charge on any atom is 0.253 e. The molecule has 0 N–H and O–H groups in total. The number of benzene rings is 1. The first-order valence-electron chi connectivity index (χ1n) is 7.15. The first-order valence-corrected chi connectivity index (χ1v) is 8.97. The Morgan fingerprint density at radius 1 is 1.27 bits per heavy atom. The van der Waals surface area contributed by atoms with Crippen LogP contribution < -0.4 is 0 Å². The van der Waals surface area contributed by atoms with E-state index in [1.807, 2.05) is 6.92 Å². The number of amides is 1. The van der Waals surface area contributed by atoms with Crippen LogP contribution in [0, 0.1) is 5.92 Å². The zero-order valence-corrected chi connectivity index (χ0v) is 14.8. The van der Waals surface area contributed by atoms with Crippen LogP contribution in [-0.4, -0.2) is 50.7 Å². The lowest BCUT2D eigenvalue weighted by Gasteiger charge is -2.25. The number of halogens is 1. The standard InChI is InChI=1S/C15H21ClN2O3S/c1-10(11-5-6-11)18(4)15(19)12-7-8-13(16)14(9-12)22(20,21)17(2)3/h7-11H,5-6H2,1-4H3. The van der Waals surface area contributed by atoms with Gasteiger partial charge in [0.25, 0.3) is 5.91 Å². The Labute approximate surface area is 136 Å². The molecule has 0 aromatic heterocycles. The van der Waals surface area contributed by atoms with Gasteiger partial charge in [0.15, 0.2) is 0 Å². The molecule has 5 nitrogen and oxygen atoms in total. The average Bonchev–Trinajstić information content (AvgIpc) is 3.29. The maximum atomic E-state index is 12.6. The Morgan fingerprint density at radius 3 is 2.36 bits per heavy atom. The molecular formula is C15H21ClN2O3S. The highest BCUT2D eigenvalue weighted by Gasteiger charge is 2.33. The first-order chi connectivity index (χ1) is 10.2. The van der Waals surface area contributed by atoms with Crippen LogP contribution in [0.4, 0.5) is 0 Å². The van der Waals surface area contributed by atoms with Crippen LogP contribution in [0.5, 0.6) is 0 Å². The van der Waals surface area contributed by atoms with Gasteiger partial charge in [0.2, 0.25) is 10.0 Å². The Bertz CT molecular complexity index is 684. The SMILES string of the molecule is CC(C1CC1)N(C)C(=O)c1ccc(Cl)c(S(=O)(=O)N(C)C)c1. The maximum absolute atomic E-state index is 12.6. The third-order valence-electron chi connectivity index (χ3n) is 4.17. The minimum Gasteiger partial charge on any atom is -0.339 e. The first kappa shape index (κ1) is 17.2. The molecule has 7 heteroatoms. The van der Waals surface area contributed by atoms with E-state index in [0.29, 0.717) is 11.5 Å². The van der Waals surface area contributed by atoms with E-state index in [2.05, 4.69) is 0 Å². The lowest BCUT2D eigenvalue weighted by atomic mass is 10.1. The van der Waals surface area contributed by atoms with Gasteiger partial charge in [-0.2, -0.15) is 0 Å². The summed E-state index contributed by atoms with van der Waals surface area (Å²) in [6.45, 7) is 2.02. The summed E-state index contributed by atoms with van der Waals surface area (Å²) in [5, 5.41) is 0.114. The molecule has 1 atom stereocenters.